The van der Waals surface area contributed by atoms with Gasteiger partial charge >= 0.3 is 0 Å². The number of benzene rings is 2. The third-order valence-corrected chi connectivity index (χ3v) is 7.28. The minimum Gasteiger partial charge on any atom is -0.486 e. The Morgan fingerprint density at radius 2 is 1.68 bits per heavy atom. The van der Waals surface area contributed by atoms with Gasteiger partial charge in [0.2, 0.25) is 21.8 Å². The van der Waals surface area contributed by atoms with E-state index in [1.807, 2.05) is 26.0 Å². The van der Waals surface area contributed by atoms with Crippen LogP contribution in [0.15, 0.2) is 42.5 Å². The fraction of sp³-hybridized carbons (Fsp3) is 0.462. The molecule has 2 aromatic rings. The standard InChI is InChI=1S/C26H34ClN3O6S/c1-18(2)28-26(32)19(3)29(17-20-7-9-21(27)10-8-20)25(31)6-5-13-30(37(4,33)34)22-11-12-23-24(16-22)36-15-14-35-23/h7-12,16,18-19H,5-6,13-15,17H2,1-4H3,(H,28,32)/t19-/m0/s1. The van der Waals surface area contributed by atoms with Gasteiger partial charge in [-0.25, -0.2) is 8.42 Å². The van der Waals surface area contributed by atoms with Crippen molar-refractivity contribution >= 4 is 39.1 Å². The molecular weight excluding hydrogens is 518 g/mol. The first-order valence-electron chi connectivity index (χ1n) is 12.2. The third-order valence-electron chi connectivity index (χ3n) is 5.83. The summed E-state index contributed by atoms with van der Waals surface area (Å²) in [4.78, 5) is 27.6. The van der Waals surface area contributed by atoms with Gasteiger partial charge in [0, 0.05) is 36.6 Å². The molecule has 0 saturated carbocycles. The summed E-state index contributed by atoms with van der Waals surface area (Å²) in [5.74, 6) is 0.529. The Balaban J connectivity index is 1.73. The number of hydrogen-bond acceptors (Lipinski definition) is 6. The van der Waals surface area contributed by atoms with Gasteiger partial charge < -0.3 is 19.7 Å². The van der Waals surface area contributed by atoms with Crippen molar-refractivity contribution in [1.82, 2.24) is 10.2 Å². The van der Waals surface area contributed by atoms with Crippen LogP contribution >= 0.6 is 11.6 Å². The summed E-state index contributed by atoms with van der Waals surface area (Å²) in [5.41, 5.74) is 1.26. The maximum absolute atomic E-state index is 13.3. The lowest BCUT2D eigenvalue weighted by Gasteiger charge is -2.30. The van der Waals surface area contributed by atoms with Crippen LogP contribution in [0.2, 0.25) is 5.02 Å². The molecule has 1 aliphatic rings. The van der Waals surface area contributed by atoms with Gasteiger partial charge in [-0.1, -0.05) is 23.7 Å². The van der Waals surface area contributed by atoms with Crippen molar-refractivity contribution in [3.8, 4) is 11.5 Å². The van der Waals surface area contributed by atoms with Crippen LogP contribution in [0.4, 0.5) is 5.69 Å². The Hall–Kier alpha value is -2.98. The highest BCUT2D eigenvalue weighted by Gasteiger charge is 2.27. The number of anilines is 1. The summed E-state index contributed by atoms with van der Waals surface area (Å²) in [6.45, 7) is 6.53. The lowest BCUT2D eigenvalue weighted by atomic mass is 10.1. The fourth-order valence-corrected chi connectivity index (χ4v) is 5.05. The van der Waals surface area contributed by atoms with Gasteiger partial charge in [-0.3, -0.25) is 13.9 Å². The number of hydrogen-bond donors (Lipinski definition) is 1. The SMILES string of the molecule is CC(C)NC(=O)[C@H](C)N(Cc1ccc(Cl)cc1)C(=O)CCCN(c1ccc2c(c1)OCCO2)S(C)(=O)=O. The van der Waals surface area contributed by atoms with E-state index in [0.717, 1.165) is 11.8 Å². The molecule has 1 atom stereocenters. The van der Waals surface area contributed by atoms with Crippen LogP contribution in [0.3, 0.4) is 0 Å². The minimum atomic E-state index is -3.62. The number of carbonyl (C=O) groups is 2. The second-order valence-electron chi connectivity index (χ2n) is 9.25. The molecule has 11 heteroatoms. The van der Waals surface area contributed by atoms with E-state index in [1.165, 1.54) is 9.21 Å². The smallest absolute Gasteiger partial charge is 0.242 e. The summed E-state index contributed by atoms with van der Waals surface area (Å²) in [5, 5.41) is 3.43. The molecule has 0 aliphatic carbocycles. The number of rotatable bonds is 11. The van der Waals surface area contributed by atoms with E-state index in [2.05, 4.69) is 5.32 Å². The summed E-state index contributed by atoms with van der Waals surface area (Å²) in [6, 6.07) is 11.3. The number of ether oxygens (including phenoxy) is 2. The van der Waals surface area contributed by atoms with E-state index < -0.39 is 16.1 Å². The van der Waals surface area contributed by atoms with E-state index in [1.54, 1.807) is 37.3 Å². The van der Waals surface area contributed by atoms with Gasteiger partial charge in [0.15, 0.2) is 11.5 Å². The summed E-state index contributed by atoms with van der Waals surface area (Å²) >= 11 is 5.99. The normalized spacial score (nSPS) is 13.7. The number of sulfonamides is 1. The quantitative estimate of drug-likeness (QED) is 0.457. The summed E-state index contributed by atoms with van der Waals surface area (Å²) in [7, 11) is -3.62. The Bertz CT molecular complexity index is 1200. The molecule has 0 fully saturated rings. The largest absolute Gasteiger partial charge is 0.486 e. The molecule has 9 nitrogen and oxygen atoms in total. The Morgan fingerprint density at radius 3 is 2.30 bits per heavy atom. The first kappa shape index (κ1) is 28.6. The van der Waals surface area contributed by atoms with Crippen LogP contribution in [-0.4, -0.2) is 63.2 Å². The van der Waals surface area contributed by atoms with Crippen LogP contribution < -0.4 is 19.1 Å². The average Bonchev–Trinajstić information content (AvgIpc) is 2.84. The molecule has 1 N–H and O–H groups in total. The van der Waals surface area contributed by atoms with Gasteiger partial charge in [0.1, 0.15) is 19.3 Å². The van der Waals surface area contributed by atoms with Crippen molar-refractivity contribution in [2.45, 2.75) is 52.2 Å². The maximum Gasteiger partial charge on any atom is 0.242 e. The van der Waals surface area contributed by atoms with E-state index in [9.17, 15) is 18.0 Å². The van der Waals surface area contributed by atoms with E-state index in [-0.39, 0.29) is 43.8 Å². The second-order valence-corrected chi connectivity index (χ2v) is 11.6. The number of fused-ring (bicyclic) bond motifs is 1. The molecule has 202 valence electrons. The lowest BCUT2D eigenvalue weighted by molar-refractivity contribution is -0.140. The summed E-state index contributed by atoms with van der Waals surface area (Å²) < 4.78 is 37.5. The van der Waals surface area contributed by atoms with Crippen molar-refractivity contribution in [2.75, 3.05) is 30.3 Å². The van der Waals surface area contributed by atoms with E-state index in [4.69, 9.17) is 21.1 Å². The van der Waals surface area contributed by atoms with Crippen molar-refractivity contribution < 1.29 is 27.5 Å². The highest BCUT2D eigenvalue weighted by Crippen LogP contribution is 2.34. The second kappa shape index (κ2) is 12.5. The van der Waals surface area contributed by atoms with Crippen molar-refractivity contribution in [3.05, 3.63) is 53.1 Å². The predicted octanol–water partition coefficient (Wildman–Crippen LogP) is 3.60. The molecule has 0 spiro atoms. The molecule has 3 rings (SSSR count). The molecule has 0 aromatic heterocycles. The van der Waals surface area contributed by atoms with Crippen molar-refractivity contribution in [3.63, 3.8) is 0 Å². The molecule has 2 aromatic carbocycles. The number of amides is 2. The zero-order chi connectivity index (χ0) is 27.2. The zero-order valence-corrected chi connectivity index (χ0v) is 23.1. The van der Waals surface area contributed by atoms with E-state index in [0.29, 0.717) is 35.4 Å². The van der Waals surface area contributed by atoms with Crippen LogP contribution in [0, 0.1) is 0 Å². The number of carbonyl (C=O) groups excluding carboxylic acids is 2. The van der Waals surface area contributed by atoms with Crippen LogP contribution in [0.25, 0.3) is 0 Å². The molecule has 0 radical (unpaired) electrons. The van der Waals surface area contributed by atoms with Crippen LogP contribution in [-0.2, 0) is 26.2 Å². The number of halogens is 1. The summed E-state index contributed by atoms with van der Waals surface area (Å²) in [6.07, 6.45) is 1.44. The average molecular weight is 552 g/mol. The topological polar surface area (TPSA) is 105 Å². The predicted molar refractivity (Wildman–Crippen MR) is 144 cm³/mol. The highest BCUT2D eigenvalue weighted by atomic mass is 35.5. The van der Waals surface area contributed by atoms with Gasteiger partial charge in [0.25, 0.3) is 0 Å². The van der Waals surface area contributed by atoms with Crippen molar-refractivity contribution in [2.24, 2.45) is 0 Å². The fourth-order valence-electron chi connectivity index (χ4n) is 3.97. The number of nitrogens with zero attached hydrogens (tertiary/aromatic N) is 2. The Kier molecular flexibility index (Phi) is 9.67. The monoisotopic (exact) mass is 551 g/mol. The first-order valence-corrected chi connectivity index (χ1v) is 14.4. The molecule has 1 heterocycles. The molecule has 2 amide bonds. The van der Waals surface area contributed by atoms with Crippen LogP contribution in [0.5, 0.6) is 11.5 Å². The molecule has 0 saturated heterocycles. The van der Waals surface area contributed by atoms with Gasteiger partial charge in [-0.05, 0) is 57.0 Å². The van der Waals surface area contributed by atoms with Gasteiger partial charge in [0.05, 0.1) is 11.9 Å². The molecule has 1 aliphatic heterocycles. The molecule has 37 heavy (non-hydrogen) atoms. The third kappa shape index (κ3) is 8.00. The molecule has 0 bridgehead atoms. The first-order chi connectivity index (χ1) is 17.5. The number of nitrogens with one attached hydrogen (secondary N) is 1. The minimum absolute atomic E-state index is 0.0590. The molecular formula is C26H34ClN3O6S. The van der Waals surface area contributed by atoms with Gasteiger partial charge in [-0.2, -0.15) is 0 Å². The zero-order valence-electron chi connectivity index (χ0n) is 21.6. The Labute approximate surface area is 223 Å². The highest BCUT2D eigenvalue weighted by molar-refractivity contribution is 7.92. The lowest BCUT2D eigenvalue weighted by Crippen LogP contribution is -2.49. The Morgan fingerprint density at radius 1 is 1.03 bits per heavy atom. The van der Waals surface area contributed by atoms with E-state index >= 15 is 0 Å². The maximum atomic E-state index is 13.3. The van der Waals surface area contributed by atoms with Crippen LogP contribution in [0.1, 0.15) is 39.2 Å². The molecule has 0 unspecified atom stereocenters. The van der Waals surface area contributed by atoms with Crippen molar-refractivity contribution in [1.29, 1.82) is 0 Å². The van der Waals surface area contributed by atoms with Gasteiger partial charge in [-0.15, -0.1) is 0 Å².